The number of carbonyl (C=O) groups is 3. The molecule has 0 radical (unpaired) electrons. The van der Waals surface area contributed by atoms with Gasteiger partial charge in [0.25, 0.3) is 0 Å². The van der Waals surface area contributed by atoms with E-state index in [0.717, 1.165) is 15.6 Å². The fourth-order valence-electron chi connectivity index (χ4n) is 4.83. The summed E-state index contributed by atoms with van der Waals surface area (Å²) in [6.07, 6.45) is 0.355. The molecule has 2 amide bonds. The van der Waals surface area contributed by atoms with E-state index < -0.39 is 17.8 Å². The van der Waals surface area contributed by atoms with Crippen molar-refractivity contribution in [2.45, 2.75) is 18.3 Å². The normalized spacial score (nSPS) is 29.8. The van der Waals surface area contributed by atoms with Crippen LogP contribution in [0.1, 0.15) is 29.4 Å². The van der Waals surface area contributed by atoms with Gasteiger partial charge in [-0.25, -0.2) is 4.90 Å². The molecule has 4 atom stereocenters. The molecule has 124 valence electrons. The van der Waals surface area contributed by atoms with Crippen LogP contribution >= 0.6 is 15.9 Å². The molecule has 4 aliphatic rings. The van der Waals surface area contributed by atoms with Crippen molar-refractivity contribution in [1.82, 2.24) is 0 Å². The molecule has 1 saturated heterocycles. The third kappa shape index (κ3) is 1.90. The highest BCUT2D eigenvalue weighted by atomic mass is 79.9. The van der Waals surface area contributed by atoms with Crippen LogP contribution < -0.4 is 4.90 Å². The lowest BCUT2D eigenvalue weighted by Gasteiger charge is -2.43. The topological polar surface area (TPSA) is 54.5 Å². The molecule has 5 heteroatoms. The lowest BCUT2D eigenvalue weighted by Crippen LogP contribution is -2.44. The Hall–Kier alpha value is -2.27. The van der Waals surface area contributed by atoms with Gasteiger partial charge in [0.15, 0.2) is 0 Å². The number of hydrogen-bond donors (Lipinski definition) is 0. The van der Waals surface area contributed by atoms with Crippen molar-refractivity contribution in [3.05, 3.63) is 64.1 Å². The average molecular weight is 396 g/mol. The van der Waals surface area contributed by atoms with E-state index in [-0.39, 0.29) is 23.5 Å². The number of Topliss-reactive ketones (excluding diaryl/α,β-unsaturated/α-hetero) is 1. The average Bonchev–Trinajstić information content (AvgIpc) is 2.87. The highest BCUT2D eigenvalue weighted by Gasteiger charge is 2.62. The number of hydrogen-bond acceptors (Lipinski definition) is 3. The van der Waals surface area contributed by atoms with Gasteiger partial charge in [-0.05, 0) is 29.3 Å². The first-order chi connectivity index (χ1) is 12.1. The molecule has 3 aliphatic carbocycles. The number of fused-ring (bicyclic) bond motifs is 1. The van der Waals surface area contributed by atoms with Crippen LogP contribution in [0.2, 0.25) is 0 Å². The van der Waals surface area contributed by atoms with Crippen LogP contribution in [0.4, 0.5) is 5.69 Å². The molecule has 25 heavy (non-hydrogen) atoms. The minimum atomic E-state index is -0.562. The van der Waals surface area contributed by atoms with Gasteiger partial charge in [-0.2, -0.15) is 0 Å². The number of anilines is 1. The number of carbonyl (C=O) groups excluding carboxylic acids is 3. The monoisotopic (exact) mass is 395 g/mol. The number of halogens is 1. The highest BCUT2D eigenvalue weighted by Crippen LogP contribution is 2.57. The third-order valence-electron chi connectivity index (χ3n) is 5.76. The quantitative estimate of drug-likeness (QED) is 0.695. The van der Waals surface area contributed by atoms with Crippen LogP contribution in [0.25, 0.3) is 0 Å². The Kier molecular flexibility index (Phi) is 3.07. The zero-order chi connectivity index (χ0) is 17.3. The van der Waals surface area contributed by atoms with E-state index in [2.05, 4.69) is 15.9 Å². The number of benzene rings is 2. The van der Waals surface area contributed by atoms with Crippen molar-refractivity contribution in [1.29, 1.82) is 0 Å². The predicted molar refractivity (Wildman–Crippen MR) is 95.2 cm³/mol. The molecule has 0 unspecified atom stereocenters. The molecular weight excluding hydrogens is 382 g/mol. The van der Waals surface area contributed by atoms with Gasteiger partial charge in [0.05, 0.1) is 23.4 Å². The first-order valence-corrected chi connectivity index (χ1v) is 9.12. The Labute approximate surface area is 153 Å². The van der Waals surface area contributed by atoms with E-state index in [1.54, 1.807) is 18.2 Å². The van der Waals surface area contributed by atoms with Gasteiger partial charge in [-0.3, -0.25) is 14.4 Å². The van der Waals surface area contributed by atoms with E-state index in [4.69, 9.17) is 0 Å². The smallest absolute Gasteiger partial charge is 0.238 e. The van der Waals surface area contributed by atoms with Crippen molar-refractivity contribution in [2.24, 2.45) is 11.8 Å². The Bertz CT molecular complexity index is 953. The van der Waals surface area contributed by atoms with Crippen LogP contribution in [0.3, 0.4) is 0 Å². The van der Waals surface area contributed by atoms with Crippen LogP contribution in [0.5, 0.6) is 0 Å². The lowest BCUT2D eigenvalue weighted by molar-refractivity contribution is -0.134. The van der Waals surface area contributed by atoms with Crippen LogP contribution in [0, 0.1) is 11.8 Å². The van der Waals surface area contributed by atoms with Gasteiger partial charge < -0.3 is 0 Å². The fraction of sp³-hybridized carbons (Fsp3) is 0.250. The summed E-state index contributed by atoms with van der Waals surface area (Å²) in [5.74, 6) is -2.00. The number of imide groups is 1. The molecule has 2 bridgehead atoms. The van der Waals surface area contributed by atoms with Crippen molar-refractivity contribution in [3.8, 4) is 0 Å². The Morgan fingerprint density at radius 1 is 0.880 bits per heavy atom. The second-order valence-corrected chi connectivity index (χ2v) is 7.84. The zero-order valence-corrected chi connectivity index (χ0v) is 14.8. The molecule has 2 aromatic carbocycles. The van der Waals surface area contributed by atoms with Gasteiger partial charge in [0.1, 0.15) is 5.78 Å². The summed E-state index contributed by atoms with van der Waals surface area (Å²) in [5.41, 5.74) is 2.56. The van der Waals surface area contributed by atoms with Gasteiger partial charge in [-0.15, -0.1) is 0 Å². The van der Waals surface area contributed by atoms with Gasteiger partial charge in [-0.1, -0.05) is 46.3 Å². The molecule has 1 heterocycles. The predicted octanol–water partition coefficient (Wildman–Crippen LogP) is 3.41. The maximum Gasteiger partial charge on any atom is 0.238 e. The molecule has 0 N–H and O–H groups in total. The summed E-state index contributed by atoms with van der Waals surface area (Å²) in [7, 11) is 0. The second kappa shape index (κ2) is 5.11. The maximum atomic E-state index is 13.1. The molecule has 1 saturated carbocycles. The molecule has 0 aromatic heterocycles. The number of amides is 2. The number of nitrogens with zero attached hydrogens (tertiary/aromatic N) is 1. The summed E-state index contributed by atoms with van der Waals surface area (Å²) in [6, 6.07) is 14.9. The number of rotatable bonds is 1. The lowest BCUT2D eigenvalue weighted by atomic mass is 9.56. The molecule has 0 spiro atoms. The van der Waals surface area contributed by atoms with E-state index in [0.29, 0.717) is 12.1 Å². The molecule has 4 nitrogen and oxygen atoms in total. The van der Waals surface area contributed by atoms with Crippen molar-refractivity contribution in [3.63, 3.8) is 0 Å². The van der Waals surface area contributed by atoms with E-state index in [1.807, 2.05) is 30.3 Å². The second-order valence-electron chi connectivity index (χ2n) is 6.93. The summed E-state index contributed by atoms with van der Waals surface area (Å²) in [5, 5.41) is 0. The van der Waals surface area contributed by atoms with Crippen LogP contribution in [0.15, 0.2) is 53.0 Å². The number of ketones is 1. The minimum absolute atomic E-state index is 0.0854. The fourth-order valence-corrected chi connectivity index (χ4v) is 5.22. The molecule has 6 rings (SSSR count). The van der Waals surface area contributed by atoms with Gasteiger partial charge in [0.2, 0.25) is 11.8 Å². The van der Waals surface area contributed by atoms with Crippen molar-refractivity contribution < 1.29 is 14.4 Å². The summed E-state index contributed by atoms with van der Waals surface area (Å²) >= 11 is 3.39. The maximum absolute atomic E-state index is 13.1. The van der Waals surface area contributed by atoms with Crippen molar-refractivity contribution in [2.75, 3.05) is 4.90 Å². The van der Waals surface area contributed by atoms with Gasteiger partial charge in [0, 0.05) is 16.8 Å². The highest BCUT2D eigenvalue weighted by molar-refractivity contribution is 9.10. The van der Waals surface area contributed by atoms with Crippen LogP contribution in [-0.4, -0.2) is 17.6 Å². The Morgan fingerprint density at radius 3 is 2.36 bits per heavy atom. The summed E-state index contributed by atoms with van der Waals surface area (Å²) < 4.78 is 0.808. The standard InChI is InChI=1S/C20H14BrNO3/c21-10-4-3-5-11(8-10)22-19(24)17-14-9-15(23)16(18(17)20(22)25)13-7-2-1-6-12(13)14/h1-8,14,16-18H,9H2/t14-,16-,17+,18+/m0/s1. The first kappa shape index (κ1) is 15.0. The first-order valence-electron chi connectivity index (χ1n) is 8.33. The van der Waals surface area contributed by atoms with E-state index >= 15 is 0 Å². The summed E-state index contributed by atoms with van der Waals surface area (Å²) in [4.78, 5) is 40.2. The van der Waals surface area contributed by atoms with Gasteiger partial charge >= 0.3 is 0 Å². The molecule has 1 aliphatic heterocycles. The third-order valence-corrected chi connectivity index (χ3v) is 6.25. The Morgan fingerprint density at radius 2 is 1.60 bits per heavy atom. The zero-order valence-electron chi connectivity index (χ0n) is 13.2. The molecule has 2 aromatic rings. The Balaban J connectivity index is 1.66. The van der Waals surface area contributed by atoms with Crippen LogP contribution in [-0.2, 0) is 14.4 Å². The largest absolute Gasteiger partial charge is 0.299 e. The molecular formula is C20H14BrNO3. The molecule has 2 fully saturated rings. The minimum Gasteiger partial charge on any atom is -0.299 e. The van der Waals surface area contributed by atoms with E-state index in [9.17, 15) is 14.4 Å². The van der Waals surface area contributed by atoms with E-state index in [1.165, 1.54) is 4.90 Å². The summed E-state index contributed by atoms with van der Waals surface area (Å²) in [6.45, 7) is 0. The van der Waals surface area contributed by atoms with Crippen molar-refractivity contribution >= 4 is 39.2 Å². The SMILES string of the molecule is O=C1C[C@H]2c3ccccc3[C@@H]1[C@H]1C(=O)N(c3cccc(Br)c3)C(=O)[C@@H]12.